The first-order valence-electron chi connectivity index (χ1n) is 5.39. The third-order valence-corrected chi connectivity index (χ3v) is 3.01. The molecule has 1 heterocycles. The maximum Gasteiger partial charge on any atom is 0.254 e. The molecule has 1 amide bonds. The number of nitrogens with two attached hydrogens (primary N) is 1. The molecule has 2 N–H and O–H groups in total. The van der Waals surface area contributed by atoms with Gasteiger partial charge in [-0.1, -0.05) is 6.07 Å². The van der Waals surface area contributed by atoms with E-state index in [1.54, 1.807) is 12.1 Å². The third-order valence-electron chi connectivity index (χ3n) is 3.01. The van der Waals surface area contributed by atoms with E-state index in [4.69, 9.17) is 5.73 Å². The monoisotopic (exact) mass is 219 g/mol. The van der Waals surface area contributed by atoms with Crippen LogP contribution in [0, 0.1) is 0 Å². The fraction of sp³-hybridized carbons (Fsp3) is 0.417. The van der Waals surface area contributed by atoms with Gasteiger partial charge < -0.3 is 15.5 Å². The molecule has 1 aliphatic heterocycles. The largest absolute Gasteiger partial charge is 0.399 e. The van der Waals surface area contributed by atoms with Gasteiger partial charge in [-0.3, -0.25) is 4.79 Å². The van der Waals surface area contributed by atoms with Gasteiger partial charge in [-0.25, -0.2) is 0 Å². The highest BCUT2D eigenvalue weighted by atomic mass is 16.2. The molecule has 16 heavy (non-hydrogen) atoms. The number of likely N-dealkylation sites (N-methyl/N-ethyl adjacent to an activating group) is 1. The summed E-state index contributed by atoms with van der Waals surface area (Å²) in [5.41, 5.74) is 6.97. The van der Waals surface area contributed by atoms with Gasteiger partial charge in [0.15, 0.2) is 0 Å². The van der Waals surface area contributed by atoms with E-state index in [1.807, 2.05) is 31.1 Å². The van der Waals surface area contributed by atoms with Crippen LogP contribution in [0.3, 0.4) is 0 Å². The predicted octanol–water partition coefficient (Wildman–Crippen LogP) is 0.655. The number of nitrogens with zero attached hydrogens (tertiary/aromatic N) is 2. The Kier molecular flexibility index (Phi) is 2.83. The van der Waals surface area contributed by atoms with Crippen LogP contribution in [-0.4, -0.2) is 48.9 Å². The van der Waals surface area contributed by atoms with Gasteiger partial charge in [0.25, 0.3) is 5.91 Å². The number of amides is 1. The van der Waals surface area contributed by atoms with E-state index in [0.717, 1.165) is 13.1 Å². The molecule has 0 atom stereocenters. The van der Waals surface area contributed by atoms with Crippen molar-refractivity contribution in [3.63, 3.8) is 0 Å². The maximum absolute atomic E-state index is 12.0. The average Bonchev–Trinajstić information content (AvgIpc) is 2.14. The van der Waals surface area contributed by atoms with Gasteiger partial charge in [0.05, 0.1) is 0 Å². The smallest absolute Gasteiger partial charge is 0.254 e. The van der Waals surface area contributed by atoms with Crippen LogP contribution in [0.5, 0.6) is 0 Å². The molecule has 0 unspecified atom stereocenters. The molecule has 86 valence electrons. The molecule has 0 radical (unpaired) electrons. The summed E-state index contributed by atoms with van der Waals surface area (Å²) < 4.78 is 0. The molecule has 1 aliphatic rings. The highest BCUT2D eigenvalue weighted by Crippen LogP contribution is 2.17. The Morgan fingerprint density at radius 2 is 2.12 bits per heavy atom. The first kappa shape index (κ1) is 11.0. The summed E-state index contributed by atoms with van der Waals surface area (Å²) in [4.78, 5) is 16.0. The van der Waals surface area contributed by atoms with Crippen LogP contribution >= 0.6 is 0 Å². The van der Waals surface area contributed by atoms with Gasteiger partial charge in [0, 0.05) is 30.4 Å². The van der Waals surface area contributed by atoms with Crippen molar-refractivity contribution >= 4 is 11.6 Å². The zero-order valence-electron chi connectivity index (χ0n) is 9.68. The Bertz CT molecular complexity index is 397. The summed E-state index contributed by atoms with van der Waals surface area (Å²) >= 11 is 0. The fourth-order valence-electron chi connectivity index (χ4n) is 1.80. The summed E-state index contributed by atoms with van der Waals surface area (Å²) in [6, 6.07) is 7.62. The minimum absolute atomic E-state index is 0.0744. The van der Waals surface area contributed by atoms with Crippen LogP contribution in [0.2, 0.25) is 0 Å². The molecule has 2 rings (SSSR count). The van der Waals surface area contributed by atoms with Gasteiger partial charge in [-0.15, -0.1) is 0 Å². The van der Waals surface area contributed by atoms with Crippen molar-refractivity contribution in [2.75, 3.05) is 32.9 Å². The van der Waals surface area contributed by atoms with Gasteiger partial charge in [-0.2, -0.15) is 0 Å². The summed E-state index contributed by atoms with van der Waals surface area (Å²) in [5, 5.41) is 0. The second-order valence-corrected chi connectivity index (χ2v) is 4.45. The average molecular weight is 219 g/mol. The van der Waals surface area contributed by atoms with Crippen molar-refractivity contribution in [2.45, 2.75) is 6.04 Å². The lowest BCUT2D eigenvalue weighted by Crippen LogP contribution is -2.59. The number of hydrogen-bond acceptors (Lipinski definition) is 3. The van der Waals surface area contributed by atoms with E-state index in [2.05, 4.69) is 4.90 Å². The summed E-state index contributed by atoms with van der Waals surface area (Å²) in [6.07, 6.45) is 0. The summed E-state index contributed by atoms with van der Waals surface area (Å²) in [6.45, 7) is 1.61. The normalized spacial score (nSPS) is 16.3. The minimum Gasteiger partial charge on any atom is -0.399 e. The molecule has 0 aliphatic carbocycles. The van der Waals surface area contributed by atoms with E-state index in [-0.39, 0.29) is 5.91 Å². The van der Waals surface area contributed by atoms with Crippen molar-refractivity contribution in [3.8, 4) is 0 Å². The number of likely N-dealkylation sites (tertiary alicyclic amines) is 1. The molecule has 0 saturated carbocycles. The zero-order chi connectivity index (χ0) is 11.7. The van der Waals surface area contributed by atoms with Crippen LogP contribution in [-0.2, 0) is 0 Å². The molecule has 1 saturated heterocycles. The van der Waals surface area contributed by atoms with Crippen LogP contribution in [0.15, 0.2) is 24.3 Å². The van der Waals surface area contributed by atoms with E-state index in [9.17, 15) is 4.79 Å². The lowest BCUT2D eigenvalue weighted by molar-refractivity contribution is 0.0399. The first-order chi connectivity index (χ1) is 7.58. The molecular formula is C12H17N3O. The van der Waals surface area contributed by atoms with E-state index in [1.165, 1.54) is 0 Å². The molecule has 0 aromatic heterocycles. The molecule has 0 spiro atoms. The van der Waals surface area contributed by atoms with Gasteiger partial charge >= 0.3 is 0 Å². The molecule has 0 bridgehead atoms. The first-order valence-corrected chi connectivity index (χ1v) is 5.39. The van der Waals surface area contributed by atoms with Crippen molar-refractivity contribution in [3.05, 3.63) is 29.8 Å². The molecule has 4 nitrogen and oxygen atoms in total. The van der Waals surface area contributed by atoms with Gasteiger partial charge in [0.2, 0.25) is 0 Å². The standard InChI is InChI=1S/C12H17N3O/c1-14(2)11-7-15(8-11)12(16)9-4-3-5-10(13)6-9/h3-6,11H,7-8,13H2,1-2H3. The van der Waals surface area contributed by atoms with E-state index < -0.39 is 0 Å². The predicted molar refractivity (Wildman–Crippen MR) is 64.2 cm³/mol. The third kappa shape index (κ3) is 2.02. The molecular weight excluding hydrogens is 202 g/mol. The lowest BCUT2D eigenvalue weighted by Gasteiger charge is -2.42. The Morgan fingerprint density at radius 1 is 1.44 bits per heavy atom. The van der Waals surface area contributed by atoms with Crippen molar-refractivity contribution in [1.29, 1.82) is 0 Å². The number of anilines is 1. The van der Waals surface area contributed by atoms with E-state index >= 15 is 0 Å². The van der Waals surface area contributed by atoms with Crippen LogP contribution in [0.1, 0.15) is 10.4 Å². The Balaban J connectivity index is 2.00. The summed E-state index contributed by atoms with van der Waals surface area (Å²) in [5.74, 6) is 0.0744. The van der Waals surface area contributed by atoms with E-state index in [0.29, 0.717) is 17.3 Å². The Hall–Kier alpha value is -1.55. The van der Waals surface area contributed by atoms with Crippen molar-refractivity contribution < 1.29 is 4.79 Å². The number of carbonyl (C=O) groups is 1. The van der Waals surface area contributed by atoms with Gasteiger partial charge in [-0.05, 0) is 32.3 Å². The zero-order valence-corrected chi connectivity index (χ0v) is 9.68. The van der Waals surface area contributed by atoms with Crippen molar-refractivity contribution in [1.82, 2.24) is 9.80 Å². The Morgan fingerprint density at radius 3 is 2.69 bits per heavy atom. The lowest BCUT2D eigenvalue weighted by atomic mass is 10.1. The van der Waals surface area contributed by atoms with Crippen LogP contribution in [0.25, 0.3) is 0 Å². The second kappa shape index (κ2) is 4.14. The number of carbonyl (C=O) groups excluding carboxylic acids is 1. The summed E-state index contributed by atoms with van der Waals surface area (Å²) in [7, 11) is 4.07. The maximum atomic E-state index is 12.0. The Labute approximate surface area is 95.6 Å². The fourth-order valence-corrected chi connectivity index (χ4v) is 1.80. The minimum atomic E-state index is 0.0744. The molecule has 1 fully saturated rings. The SMILES string of the molecule is CN(C)C1CN(C(=O)c2cccc(N)c2)C1. The highest BCUT2D eigenvalue weighted by molar-refractivity contribution is 5.95. The highest BCUT2D eigenvalue weighted by Gasteiger charge is 2.32. The number of nitrogen functional groups attached to an aromatic ring is 1. The van der Waals surface area contributed by atoms with Gasteiger partial charge in [0.1, 0.15) is 0 Å². The quantitative estimate of drug-likeness (QED) is 0.743. The van der Waals surface area contributed by atoms with Crippen LogP contribution < -0.4 is 5.73 Å². The molecule has 1 aromatic carbocycles. The van der Waals surface area contributed by atoms with Crippen LogP contribution in [0.4, 0.5) is 5.69 Å². The second-order valence-electron chi connectivity index (χ2n) is 4.45. The van der Waals surface area contributed by atoms with Crippen molar-refractivity contribution in [2.24, 2.45) is 0 Å². The number of hydrogen-bond donors (Lipinski definition) is 1. The molecule has 1 aromatic rings. The molecule has 4 heteroatoms. The number of benzene rings is 1. The topological polar surface area (TPSA) is 49.6 Å². The number of rotatable bonds is 2.